The predicted octanol–water partition coefficient (Wildman–Crippen LogP) is 3.13. The lowest BCUT2D eigenvalue weighted by atomic mass is 9.92. The zero-order valence-electron chi connectivity index (χ0n) is 12.7. The molecule has 0 aliphatic heterocycles. The summed E-state index contributed by atoms with van der Waals surface area (Å²) in [5.41, 5.74) is 9.37. The fourth-order valence-corrected chi connectivity index (χ4v) is 2.64. The molecule has 21 heavy (non-hydrogen) atoms. The summed E-state index contributed by atoms with van der Waals surface area (Å²) in [6.45, 7) is 4.31. The van der Waals surface area contributed by atoms with Crippen molar-refractivity contribution in [2.24, 2.45) is 5.73 Å². The topological polar surface area (TPSA) is 48.1 Å². The zero-order valence-corrected chi connectivity index (χ0v) is 12.7. The maximum atomic E-state index is 13.9. The van der Waals surface area contributed by atoms with Gasteiger partial charge in [0, 0.05) is 28.9 Å². The SMILES string of the molecule is COc1c(C)cnc(CC(CN)c2ccccc2F)c1C. The number of ether oxygens (including phenoxy) is 1. The van der Waals surface area contributed by atoms with Gasteiger partial charge in [-0.2, -0.15) is 0 Å². The number of benzene rings is 1. The smallest absolute Gasteiger partial charge is 0.128 e. The summed E-state index contributed by atoms with van der Waals surface area (Å²) in [7, 11) is 1.65. The number of halogens is 1. The Balaban J connectivity index is 2.34. The van der Waals surface area contributed by atoms with Crippen molar-refractivity contribution < 1.29 is 9.13 Å². The summed E-state index contributed by atoms with van der Waals surface area (Å²) in [4.78, 5) is 4.47. The van der Waals surface area contributed by atoms with E-state index in [0.29, 0.717) is 18.5 Å². The summed E-state index contributed by atoms with van der Waals surface area (Å²) in [5, 5.41) is 0. The van der Waals surface area contributed by atoms with Gasteiger partial charge in [0.25, 0.3) is 0 Å². The highest BCUT2D eigenvalue weighted by atomic mass is 19.1. The van der Waals surface area contributed by atoms with E-state index in [1.807, 2.05) is 19.9 Å². The van der Waals surface area contributed by atoms with Crippen LogP contribution in [0, 0.1) is 19.7 Å². The van der Waals surface area contributed by atoms with Crippen LogP contribution in [0.15, 0.2) is 30.5 Å². The molecule has 0 amide bonds. The maximum absolute atomic E-state index is 13.9. The van der Waals surface area contributed by atoms with Gasteiger partial charge in [-0.3, -0.25) is 4.98 Å². The molecular formula is C17H21FN2O. The van der Waals surface area contributed by atoms with Crippen molar-refractivity contribution in [3.63, 3.8) is 0 Å². The van der Waals surface area contributed by atoms with Gasteiger partial charge >= 0.3 is 0 Å². The first kappa shape index (κ1) is 15.4. The Morgan fingerprint density at radius 2 is 2.00 bits per heavy atom. The number of hydrogen-bond acceptors (Lipinski definition) is 3. The molecule has 0 saturated heterocycles. The minimum absolute atomic E-state index is 0.0928. The van der Waals surface area contributed by atoms with Gasteiger partial charge in [0.05, 0.1) is 7.11 Å². The molecule has 0 spiro atoms. The number of nitrogens with zero attached hydrogens (tertiary/aromatic N) is 1. The largest absolute Gasteiger partial charge is 0.496 e. The van der Waals surface area contributed by atoms with E-state index in [1.54, 1.807) is 25.4 Å². The lowest BCUT2D eigenvalue weighted by Crippen LogP contribution is -2.17. The molecule has 0 bridgehead atoms. The van der Waals surface area contributed by atoms with Gasteiger partial charge in [-0.1, -0.05) is 18.2 Å². The monoisotopic (exact) mass is 288 g/mol. The predicted molar refractivity (Wildman–Crippen MR) is 82.2 cm³/mol. The summed E-state index contributed by atoms with van der Waals surface area (Å²) >= 11 is 0. The van der Waals surface area contributed by atoms with Crippen molar-refractivity contribution in [1.82, 2.24) is 4.98 Å². The first-order valence-electron chi connectivity index (χ1n) is 7.02. The number of aryl methyl sites for hydroxylation is 1. The van der Waals surface area contributed by atoms with Crippen LogP contribution in [-0.4, -0.2) is 18.6 Å². The van der Waals surface area contributed by atoms with E-state index < -0.39 is 0 Å². The second-order valence-electron chi connectivity index (χ2n) is 5.20. The third-order valence-corrected chi connectivity index (χ3v) is 3.82. The molecule has 0 aliphatic carbocycles. The van der Waals surface area contributed by atoms with Crippen LogP contribution < -0.4 is 10.5 Å². The highest BCUT2D eigenvalue weighted by Gasteiger charge is 2.18. The number of pyridine rings is 1. The maximum Gasteiger partial charge on any atom is 0.128 e. The summed E-state index contributed by atoms with van der Waals surface area (Å²) < 4.78 is 19.4. The highest BCUT2D eigenvalue weighted by molar-refractivity contribution is 5.41. The van der Waals surface area contributed by atoms with Gasteiger partial charge < -0.3 is 10.5 Å². The Labute approximate surface area is 125 Å². The molecule has 1 aromatic carbocycles. The Kier molecular flexibility index (Phi) is 4.91. The lowest BCUT2D eigenvalue weighted by Gasteiger charge is -2.18. The van der Waals surface area contributed by atoms with Gasteiger partial charge in [-0.15, -0.1) is 0 Å². The molecule has 1 heterocycles. The van der Waals surface area contributed by atoms with Crippen LogP contribution in [0.2, 0.25) is 0 Å². The lowest BCUT2D eigenvalue weighted by molar-refractivity contribution is 0.406. The Hall–Kier alpha value is -1.94. The van der Waals surface area contributed by atoms with Crippen molar-refractivity contribution in [2.75, 3.05) is 13.7 Å². The molecule has 3 nitrogen and oxygen atoms in total. The number of methoxy groups -OCH3 is 1. The van der Waals surface area contributed by atoms with E-state index in [0.717, 1.165) is 22.6 Å². The van der Waals surface area contributed by atoms with E-state index in [-0.39, 0.29) is 11.7 Å². The number of nitrogens with two attached hydrogens (primary N) is 1. The first-order valence-corrected chi connectivity index (χ1v) is 7.02. The van der Waals surface area contributed by atoms with Crippen LogP contribution in [0.4, 0.5) is 4.39 Å². The van der Waals surface area contributed by atoms with Crippen molar-refractivity contribution in [3.05, 3.63) is 58.7 Å². The van der Waals surface area contributed by atoms with E-state index in [1.165, 1.54) is 6.07 Å². The minimum Gasteiger partial charge on any atom is -0.496 e. The average molecular weight is 288 g/mol. The van der Waals surface area contributed by atoms with Crippen LogP contribution in [0.1, 0.15) is 28.3 Å². The molecule has 2 rings (SSSR count). The van der Waals surface area contributed by atoms with E-state index in [4.69, 9.17) is 10.5 Å². The van der Waals surface area contributed by atoms with Crippen molar-refractivity contribution in [1.29, 1.82) is 0 Å². The van der Waals surface area contributed by atoms with Gasteiger partial charge in [0.15, 0.2) is 0 Å². The zero-order chi connectivity index (χ0) is 15.4. The summed E-state index contributed by atoms with van der Waals surface area (Å²) in [5.74, 6) is 0.527. The third kappa shape index (κ3) is 3.22. The fourth-order valence-electron chi connectivity index (χ4n) is 2.64. The molecular weight excluding hydrogens is 267 g/mol. The molecule has 1 atom stereocenters. The van der Waals surface area contributed by atoms with Crippen LogP contribution in [-0.2, 0) is 6.42 Å². The van der Waals surface area contributed by atoms with Crippen LogP contribution in [0.5, 0.6) is 5.75 Å². The average Bonchev–Trinajstić information content (AvgIpc) is 2.48. The van der Waals surface area contributed by atoms with Gasteiger partial charge in [-0.25, -0.2) is 4.39 Å². The summed E-state index contributed by atoms with van der Waals surface area (Å²) in [6, 6.07) is 6.77. The van der Waals surface area contributed by atoms with E-state index >= 15 is 0 Å². The molecule has 0 radical (unpaired) electrons. The molecule has 1 unspecified atom stereocenters. The normalized spacial score (nSPS) is 12.2. The standard InChI is InChI=1S/C17H21FN2O/c1-11-10-20-16(12(2)17(11)21-3)8-13(9-19)14-6-4-5-7-15(14)18/h4-7,10,13H,8-9,19H2,1-3H3. The molecule has 2 aromatic rings. The number of hydrogen-bond donors (Lipinski definition) is 1. The molecule has 112 valence electrons. The fraction of sp³-hybridized carbons (Fsp3) is 0.353. The van der Waals surface area contributed by atoms with Gasteiger partial charge in [0.1, 0.15) is 11.6 Å². The van der Waals surface area contributed by atoms with Crippen LogP contribution >= 0.6 is 0 Å². The summed E-state index contributed by atoms with van der Waals surface area (Å²) in [6.07, 6.45) is 2.38. The molecule has 2 N–H and O–H groups in total. The van der Waals surface area contributed by atoms with Crippen LogP contribution in [0.25, 0.3) is 0 Å². The quantitative estimate of drug-likeness (QED) is 0.919. The number of aromatic nitrogens is 1. The van der Waals surface area contributed by atoms with Crippen molar-refractivity contribution in [2.45, 2.75) is 26.2 Å². The van der Waals surface area contributed by atoms with E-state index in [2.05, 4.69) is 4.98 Å². The van der Waals surface area contributed by atoms with Crippen molar-refractivity contribution in [3.8, 4) is 5.75 Å². The Morgan fingerprint density at radius 3 is 2.62 bits per heavy atom. The minimum atomic E-state index is -0.218. The second kappa shape index (κ2) is 6.68. The molecule has 0 fully saturated rings. The third-order valence-electron chi connectivity index (χ3n) is 3.82. The number of rotatable bonds is 5. The highest BCUT2D eigenvalue weighted by Crippen LogP contribution is 2.28. The van der Waals surface area contributed by atoms with Gasteiger partial charge in [0.2, 0.25) is 0 Å². The molecule has 4 heteroatoms. The molecule has 0 aliphatic rings. The second-order valence-corrected chi connectivity index (χ2v) is 5.20. The Bertz CT molecular complexity index is 628. The Morgan fingerprint density at radius 1 is 1.29 bits per heavy atom. The van der Waals surface area contributed by atoms with Crippen molar-refractivity contribution >= 4 is 0 Å². The first-order chi connectivity index (χ1) is 10.1. The molecule has 0 saturated carbocycles. The van der Waals surface area contributed by atoms with Gasteiger partial charge in [-0.05, 0) is 38.4 Å². The van der Waals surface area contributed by atoms with Crippen LogP contribution in [0.3, 0.4) is 0 Å². The molecule has 1 aromatic heterocycles. The van der Waals surface area contributed by atoms with E-state index in [9.17, 15) is 4.39 Å².